The second kappa shape index (κ2) is 5.94. The molecule has 1 fully saturated rings. The highest BCUT2D eigenvalue weighted by molar-refractivity contribution is 7.09. The van der Waals surface area contributed by atoms with Crippen LogP contribution in [0.1, 0.15) is 48.7 Å². The molecule has 2 heterocycles. The van der Waals surface area contributed by atoms with E-state index < -0.39 is 0 Å². The Morgan fingerprint density at radius 3 is 2.88 bits per heavy atom. The molecule has 0 amide bonds. The molecule has 1 aliphatic heterocycles. The number of rotatable bonds is 4. The Kier molecular flexibility index (Phi) is 4.54. The van der Waals surface area contributed by atoms with E-state index in [1.807, 2.05) is 11.3 Å². The molecule has 2 N–H and O–H groups in total. The Balaban J connectivity index is 1.98. The van der Waals surface area contributed by atoms with Gasteiger partial charge in [0.1, 0.15) is 0 Å². The van der Waals surface area contributed by atoms with Crippen molar-refractivity contribution >= 4 is 11.3 Å². The zero-order valence-corrected chi connectivity index (χ0v) is 11.7. The molecule has 4 heteroatoms. The maximum absolute atomic E-state index is 5.60. The molecular formula is C13H23N3S. The molecule has 1 unspecified atom stereocenters. The van der Waals surface area contributed by atoms with Crippen molar-refractivity contribution in [2.75, 3.05) is 26.7 Å². The van der Waals surface area contributed by atoms with Crippen molar-refractivity contribution in [1.82, 2.24) is 9.88 Å². The highest BCUT2D eigenvalue weighted by Gasteiger charge is 2.21. The molecule has 0 radical (unpaired) electrons. The molecule has 96 valence electrons. The minimum absolute atomic E-state index is 0.519. The third-order valence-electron chi connectivity index (χ3n) is 3.70. The van der Waals surface area contributed by atoms with E-state index >= 15 is 0 Å². The first kappa shape index (κ1) is 13.0. The van der Waals surface area contributed by atoms with E-state index in [1.54, 1.807) is 0 Å². The molecule has 0 aromatic carbocycles. The smallest absolute Gasteiger partial charge is 0.0957 e. The van der Waals surface area contributed by atoms with Crippen LogP contribution in [0.25, 0.3) is 0 Å². The minimum atomic E-state index is 0.519. The van der Waals surface area contributed by atoms with Gasteiger partial charge in [-0.15, -0.1) is 11.3 Å². The van der Waals surface area contributed by atoms with Crippen LogP contribution >= 0.6 is 11.3 Å². The molecule has 1 aromatic heterocycles. The Bertz CT molecular complexity index is 342. The van der Waals surface area contributed by atoms with Gasteiger partial charge >= 0.3 is 0 Å². The molecule has 1 aliphatic rings. The summed E-state index contributed by atoms with van der Waals surface area (Å²) in [4.78, 5) is 7.23. The number of aromatic nitrogens is 1. The molecule has 0 aliphatic carbocycles. The number of likely N-dealkylation sites (tertiary alicyclic amines) is 1. The van der Waals surface area contributed by atoms with Crippen LogP contribution in [0.5, 0.6) is 0 Å². The van der Waals surface area contributed by atoms with E-state index in [4.69, 9.17) is 10.7 Å². The lowest BCUT2D eigenvalue weighted by Crippen LogP contribution is -2.29. The van der Waals surface area contributed by atoms with E-state index in [0.717, 1.165) is 13.0 Å². The van der Waals surface area contributed by atoms with Crippen molar-refractivity contribution in [2.45, 2.75) is 38.0 Å². The number of thiazole rings is 1. The monoisotopic (exact) mass is 253 g/mol. The van der Waals surface area contributed by atoms with Crippen LogP contribution in [-0.4, -0.2) is 36.6 Å². The summed E-state index contributed by atoms with van der Waals surface area (Å²) in [6.45, 7) is 5.39. The first-order valence-corrected chi connectivity index (χ1v) is 7.42. The lowest BCUT2D eigenvalue weighted by Gasteiger charge is -2.27. The molecule has 1 aromatic rings. The number of nitrogens with zero attached hydrogens (tertiary/aromatic N) is 2. The standard InChI is InChI=1S/C13H23N3S/c1-10(3-6-14)13-15-12(9-17-13)11-4-7-16(2)8-5-11/h9-11H,3-8,14H2,1-2H3. The Hall–Kier alpha value is -0.450. The lowest BCUT2D eigenvalue weighted by atomic mass is 9.94. The van der Waals surface area contributed by atoms with E-state index in [1.165, 1.54) is 36.6 Å². The number of piperidine rings is 1. The predicted molar refractivity (Wildman–Crippen MR) is 73.7 cm³/mol. The van der Waals surface area contributed by atoms with Gasteiger partial charge in [-0.2, -0.15) is 0 Å². The average molecular weight is 253 g/mol. The molecule has 3 nitrogen and oxygen atoms in total. The summed E-state index contributed by atoms with van der Waals surface area (Å²) >= 11 is 1.81. The van der Waals surface area contributed by atoms with Gasteiger partial charge in [0, 0.05) is 17.2 Å². The average Bonchev–Trinajstić information content (AvgIpc) is 2.80. The van der Waals surface area contributed by atoms with Crippen LogP contribution in [0.4, 0.5) is 0 Å². The van der Waals surface area contributed by atoms with Gasteiger partial charge in [-0.3, -0.25) is 0 Å². The fourth-order valence-electron chi connectivity index (χ4n) is 2.39. The van der Waals surface area contributed by atoms with Crippen LogP contribution in [0.2, 0.25) is 0 Å². The van der Waals surface area contributed by atoms with Crippen molar-refractivity contribution in [2.24, 2.45) is 5.73 Å². The van der Waals surface area contributed by atoms with Crippen LogP contribution in [0.3, 0.4) is 0 Å². The van der Waals surface area contributed by atoms with Crippen LogP contribution < -0.4 is 5.73 Å². The van der Waals surface area contributed by atoms with E-state index in [0.29, 0.717) is 11.8 Å². The second-order valence-corrected chi connectivity index (χ2v) is 6.06. The summed E-state index contributed by atoms with van der Waals surface area (Å²) in [6, 6.07) is 0. The first-order chi connectivity index (χ1) is 8.20. The largest absolute Gasteiger partial charge is 0.330 e. The van der Waals surface area contributed by atoms with Crippen molar-refractivity contribution in [3.63, 3.8) is 0 Å². The van der Waals surface area contributed by atoms with E-state index in [2.05, 4.69) is 24.3 Å². The van der Waals surface area contributed by atoms with Gasteiger partial charge < -0.3 is 10.6 Å². The van der Waals surface area contributed by atoms with Gasteiger partial charge in [0.25, 0.3) is 0 Å². The zero-order chi connectivity index (χ0) is 12.3. The summed E-state index contributed by atoms with van der Waals surface area (Å²) in [5.74, 6) is 1.20. The van der Waals surface area contributed by atoms with Crippen molar-refractivity contribution in [3.05, 3.63) is 16.1 Å². The fraction of sp³-hybridized carbons (Fsp3) is 0.769. The van der Waals surface area contributed by atoms with Crippen molar-refractivity contribution in [1.29, 1.82) is 0 Å². The predicted octanol–water partition coefficient (Wildman–Crippen LogP) is 2.40. The third kappa shape index (κ3) is 3.27. The summed E-state index contributed by atoms with van der Waals surface area (Å²) in [6.07, 6.45) is 3.55. The van der Waals surface area contributed by atoms with Gasteiger partial charge in [-0.25, -0.2) is 4.98 Å². The van der Waals surface area contributed by atoms with Gasteiger partial charge in [-0.1, -0.05) is 6.92 Å². The maximum Gasteiger partial charge on any atom is 0.0957 e. The number of nitrogens with two attached hydrogens (primary N) is 1. The first-order valence-electron chi connectivity index (χ1n) is 6.54. The Labute approximate surface area is 108 Å². The third-order valence-corrected chi connectivity index (χ3v) is 4.79. The Morgan fingerprint density at radius 1 is 1.53 bits per heavy atom. The molecule has 0 spiro atoms. The van der Waals surface area contributed by atoms with Crippen molar-refractivity contribution in [3.8, 4) is 0 Å². The highest BCUT2D eigenvalue weighted by atomic mass is 32.1. The topological polar surface area (TPSA) is 42.1 Å². The lowest BCUT2D eigenvalue weighted by molar-refractivity contribution is 0.253. The van der Waals surface area contributed by atoms with Gasteiger partial charge in [0.2, 0.25) is 0 Å². The van der Waals surface area contributed by atoms with E-state index in [-0.39, 0.29) is 0 Å². The second-order valence-electron chi connectivity index (χ2n) is 5.17. The Morgan fingerprint density at radius 2 is 2.24 bits per heavy atom. The highest BCUT2D eigenvalue weighted by Crippen LogP contribution is 2.31. The molecule has 0 saturated carbocycles. The van der Waals surface area contributed by atoms with E-state index in [9.17, 15) is 0 Å². The number of hydrogen-bond donors (Lipinski definition) is 1. The van der Waals surface area contributed by atoms with Crippen LogP contribution in [0, 0.1) is 0 Å². The molecule has 1 saturated heterocycles. The van der Waals surface area contributed by atoms with Gasteiger partial charge in [0.15, 0.2) is 0 Å². The fourth-order valence-corrected chi connectivity index (χ4v) is 3.39. The van der Waals surface area contributed by atoms with Gasteiger partial charge in [-0.05, 0) is 45.9 Å². The van der Waals surface area contributed by atoms with Gasteiger partial charge in [0.05, 0.1) is 10.7 Å². The maximum atomic E-state index is 5.60. The van der Waals surface area contributed by atoms with Crippen LogP contribution in [0.15, 0.2) is 5.38 Å². The SMILES string of the molecule is CC(CCN)c1nc(C2CCN(C)CC2)cs1. The molecule has 0 bridgehead atoms. The minimum Gasteiger partial charge on any atom is -0.330 e. The summed E-state index contributed by atoms with van der Waals surface area (Å²) in [7, 11) is 2.20. The summed E-state index contributed by atoms with van der Waals surface area (Å²) in [5, 5.41) is 3.53. The normalized spacial score (nSPS) is 20.6. The summed E-state index contributed by atoms with van der Waals surface area (Å²) < 4.78 is 0. The molecule has 1 atom stereocenters. The number of hydrogen-bond acceptors (Lipinski definition) is 4. The van der Waals surface area contributed by atoms with Crippen molar-refractivity contribution < 1.29 is 0 Å². The quantitative estimate of drug-likeness (QED) is 0.896. The van der Waals surface area contributed by atoms with Crippen LogP contribution in [-0.2, 0) is 0 Å². The molecule has 2 rings (SSSR count). The molecular weight excluding hydrogens is 230 g/mol. The summed E-state index contributed by atoms with van der Waals surface area (Å²) in [5.41, 5.74) is 6.92. The zero-order valence-electron chi connectivity index (χ0n) is 10.9. The molecule has 17 heavy (non-hydrogen) atoms.